The molecule has 0 spiro atoms. The van der Waals surface area contributed by atoms with Crippen molar-refractivity contribution in [1.29, 1.82) is 0 Å². The first-order chi connectivity index (χ1) is 14.7. The SMILES string of the molecule is CN(C)c1nn(C)c(=O)c2nc(N3CCN(C(C)(C)C)CC3)n(Cc3ccccc3)c12. The van der Waals surface area contributed by atoms with E-state index >= 15 is 0 Å². The second-order valence-corrected chi connectivity index (χ2v) is 9.47. The van der Waals surface area contributed by atoms with E-state index in [4.69, 9.17) is 4.98 Å². The van der Waals surface area contributed by atoms with Gasteiger partial charge in [-0.2, -0.15) is 0 Å². The summed E-state index contributed by atoms with van der Waals surface area (Å²) >= 11 is 0. The van der Waals surface area contributed by atoms with Crippen molar-refractivity contribution in [3.8, 4) is 0 Å². The Morgan fingerprint density at radius 2 is 1.68 bits per heavy atom. The van der Waals surface area contributed by atoms with Gasteiger partial charge in [-0.25, -0.2) is 9.67 Å². The molecule has 1 aliphatic heterocycles. The number of aryl methyl sites for hydroxylation is 1. The average Bonchev–Trinajstić information content (AvgIpc) is 3.10. The van der Waals surface area contributed by atoms with Crippen LogP contribution in [0.2, 0.25) is 0 Å². The molecule has 0 atom stereocenters. The molecule has 3 aromatic rings. The maximum Gasteiger partial charge on any atom is 0.294 e. The monoisotopic (exact) mass is 423 g/mol. The van der Waals surface area contributed by atoms with Crippen LogP contribution in [0.3, 0.4) is 0 Å². The van der Waals surface area contributed by atoms with Crippen LogP contribution in [0.15, 0.2) is 35.1 Å². The number of hydrogen-bond donors (Lipinski definition) is 0. The topological polar surface area (TPSA) is 62.4 Å². The fourth-order valence-corrected chi connectivity index (χ4v) is 4.24. The summed E-state index contributed by atoms with van der Waals surface area (Å²) in [4.78, 5) is 24.6. The lowest BCUT2D eigenvalue weighted by Crippen LogP contribution is -2.54. The van der Waals surface area contributed by atoms with Crippen LogP contribution in [0.4, 0.5) is 11.8 Å². The highest BCUT2D eigenvalue weighted by atomic mass is 16.1. The lowest BCUT2D eigenvalue weighted by molar-refractivity contribution is 0.128. The number of piperazine rings is 1. The van der Waals surface area contributed by atoms with E-state index in [1.54, 1.807) is 7.05 Å². The molecule has 0 bridgehead atoms. The minimum absolute atomic E-state index is 0.147. The molecule has 166 valence electrons. The Kier molecular flexibility index (Phi) is 5.51. The quantitative estimate of drug-likeness (QED) is 0.641. The molecule has 8 nitrogen and oxygen atoms in total. The van der Waals surface area contributed by atoms with Gasteiger partial charge in [-0.15, -0.1) is 5.10 Å². The van der Waals surface area contributed by atoms with Gasteiger partial charge in [-0.3, -0.25) is 9.69 Å². The summed E-state index contributed by atoms with van der Waals surface area (Å²) in [6.45, 7) is 11.1. The first-order valence-electron chi connectivity index (χ1n) is 10.9. The summed E-state index contributed by atoms with van der Waals surface area (Å²) in [5, 5.41) is 4.55. The third kappa shape index (κ3) is 4.04. The van der Waals surface area contributed by atoms with E-state index in [2.05, 4.69) is 52.4 Å². The Morgan fingerprint density at radius 1 is 1.03 bits per heavy atom. The Bertz CT molecular complexity index is 1120. The normalized spacial score (nSPS) is 15.6. The van der Waals surface area contributed by atoms with Crippen molar-refractivity contribution in [2.45, 2.75) is 32.9 Å². The predicted molar refractivity (Wildman–Crippen MR) is 126 cm³/mol. The third-order valence-electron chi connectivity index (χ3n) is 6.02. The largest absolute Gasteiger partial charge is 0.360 e. The van der Waals surface area contributed by atoms with E-state index in [0.717, 1.165) is 43.5 Å². The second-order valence-electron chi connectivity index (χ2n) is 9.47. The highest BCUT2D eigenvalue weighted by Crippen LogP contribution is 2.29. The molecule has 4 rings (SSSR count). The summed E-state index contributed by atoms with van der Waals surface area (Å²) in [5.41, 5.74) is 2.42. The summed E-state index contributed by atoms with van der Waals surface area (Å²) < 4.78 is 3.56. The fourth-order valence-electron chi connectivity index (χ4n) is 4.24. The molecular weight excluding hydrogens is 390 g/mol. The Labute approximate surface area is 183 Å². The van der Waals surface area contributed by atoms with E-state index < -0.39 is 0 Å². The molecule has 0 aliphatic carbocycles. The van der Waals surface area contributed by atoms with Crippen LogP contribution in [-0.4, -0.2) is 70.0 Å². The first-order valence-corrected chi connectivity index (χ1v) is 10.9. The number of rotatable bonds is 4. The van der Waals surface area contributed by atoms with Crippen LogP contribution in [0.5, 0.6) is 0 Å². The van der Waals surface area contributed by atoms with Crippen LogP contribution in [0.25, 0.3) is 11.0 Å². The molecule has 1 aliphatic rings. The summed E-state index contributed by atoms with van der Waals surface area (Å²) in [6.07, 6.45) is 0. The van der Waals surface area contributed by atoms with Crippen molar-refractivity contribution in [1.82, 2.24) is 24.2 Å². The summed E-state index contributed by atoms with van der Waals surface area (Å²) in [7, 11) is 5.59. The maximum absolute atomic E-state index is 13.0. The molecule has 0 amide bonds. The van der Waals surface area contributed by atoms with Gasteiger partial charge in [-0.1, -0.05) is 30.3 Å². The van der Waals surface area contributed by atoms with Crippen molar-refractivity contribution in [2.75, 3.05) is 50.1 Å². The van der Waals surface area contributed by atoms with Gasteiger partial charge in [0.2, 0.25) is 5.95 Å². The Morgan fingerprint density at radius 3 is 2.26 bits per heavy atom. The zero-order chi connectivity index (χ0) is 22.3. The summed E-state index contributed by atoms with van der Waals surface area (Å²) in [6, 6.07) is 10.3. The lowest BCUT2D eigenvalue weighted by atomic mass is 10.1. The molecule has 0 saturated carbocycles. The molecule has 0 radical (unpaired) electrons. The molecule has 8 heteroatoms. The van der Waals surface area contributed by atoms with Crippen LogP contribution in [0, 0.1) is 0 Å². The summed E-state index contributed by atoms with van der Waals surface area (Å²) in [5.74, 6) is 1.60. The number of aromatic nitrogens is 4. The highest BCUT2D eigenvalue weighted by Gasteiger charge is 2.29. The van der Waals surface area contributed by atoms with E-state index in [1.807, 2.05) is 37.2 Å². The molecule has 31 heavy (non-hydrogen) atoms. The smallest absolute Gasteiger partial charge is 0.294 e. The minimum Gasteiger partial charge on any atom is -0.360 e. The molecule has 0 unspecified atom stereocenters. The fraction of sp³-hybridized carbons (Fsp3) is 0.522. The third-order valence-corrected chi connectivity index (χ3v) is 6.02. The van der Waals surface area contributed by atoms with Crippen molar-refractivity contribution in [3.05, 3.63) is 46.2 Å². The van der Waals surface area contributed by atoms with Gasteiger partial charge in [0.15, 0.2) is 11.3 Å². The van der Waals surface area contributed by atoms with Crippen molar-refractivity contribution in [3.63, 3.8) is 0 Å². The van der Waals surface area contributed by atoms with Gasteiger partial charge >= 0.3 is 0 Å². The number of hydrogen-bond acceptors (Lipinski definition) is 6. The van der Waals surface area contributed by atoms with Crippen molar-refractivity contribution in [2.24, 2.45) is 7.05 Å². The molecule has 1 saturated heterocycles. The van der Waals surface area contributed by atoms with Gasteiger partial charge in [0, 0.05) is 52.9 Å². The average molecular weight is 424 g/mol. The van der Waals surface area contributed by atoms with Gasteiger partial charge in [0.1, 0.15) is 5.52 Å². The van der Waals surface area contributed by atoms with Gasteiger partial charge in [0.05, 0.1) is 6.54 Å². The Balaban J connectivity index is 1.85. The second kappa shape index (κ2) is 8.00. The Hall–Kier alpha value is -2.87. The number of fused-ring (bicyclic) bond motifs is 1. The molecule has 3 heterocycles. The number of anilines is 2. The minimum atomic E-state index is -0.165. The zero-order valence-electron chi connectivity index (χ0n) is 19.5. The van der Waals surface area contributed by atoms with E-state index in [-0.39, 0.29) is 11.1 Å². The highest BCUT2D eigenvalue weighted by molar-refractivity contribution is 5.88. The van der Waals surface area contributed by atoms with Gasteiger partial charge in [-0.05, 0) is 26.3 Å². The molecular formula is C23H33N7O. The number of imidazole rings is 1. The van der Waals surface area contributed by atoms with Crippen LogP contribution >= 0.6 is 0 Å². The maximum atomic E-state index is 13.0. The lowest BCUT2D eigenvalue weighted by Gasteiger charge is -2.42. The van der Waals surface area contributed by atoms with Crippen molar-refractivity contribution >= 4 is 22.8 Å². The standard InChI is InChI=1S/C23H33N7O/c1-23(2,3)29-14-12-28(13-15-29)22-24-18-19(20(26(4)5)25-27(6)21(18)31)30(22)16-17-10-8-7-9-11-17/h7-11H,12-16H2,1-6H3. The van der Waals surface area contributed by atoms with Gasteiger partial charge in [0.25, 0.3) is 5.56 Å². The molecule has 2 aromatic heterocycles. The van der Waals surface area contributed by atoms with Crippen molar-refractivity contribution < 1.29 is 0 Å². The van der Waals surface area contributed by atoms with Gasteiger partial charge < -0.3 is 14.4 Å². The molecule has 1 aromatic carbocycles. The molecule has 0 N–H and O–H groups in total. The first kappa shape index (κ1) is 21.4. The van der Waals surface area contributed by atoms with Crippen LogP contribution in [-0.2, 0) is 13.6 Å². The van der Waals surface area contributed by atoms with E-state index in [0.29, 0.717) is 12.1 Å². The van der Waals surface area contributed by atoms with Crippen LogP contribution < -0.4 is 15.4 Å². The van der Waals surface area contributed by atoms with E-state index in [1.165, 1.54) is 10.2 Å². The zero-order valence-corrected chi connectivity index (χ0v) is 19.5. The molecule has 1 fully saturated rings. The number of benzene rings is 1. The number of nitrogens with zero attached hydrogens (tertiary/aromatic N) is 7. The van der Waals surface area contributed by atoms with Crippen LogP contribution in [0.1, 0.15) is 26.3 Å². The van der Waals surface area contributed by atoms with E-state index in [9.17, 15) is 4.79 Å². The predicted octanol–water partition coefficient (Wildman–Crippen LogP) is 2.16.